The Balaban J connectivity index is 1.36. The number of hydrogen-bond acceptors (Lipinski definition) is 7. The summed E-state index contributed by atoms with van der Waals surface area (Å²) in [5.41, 5.74) is 3.26. The number of ketones is 2. The highest BCUT2D eigenvalue weighted by atomic mass is 35.5. The number of hydrogen-bond donors (Lipinski definition) is 0. The molecule has 0 aliphatic heterocycles. The smallest absolute Gasteiger partial charge is 0.358 e. The van der Waals surface area contributed by atoms with Crippen molar-refractivity contribution in [2.75, 3.05) is 0 Å². The minimum absolute atomic E-state index is 0.00317. The van der Waals surface area contributed by atoms with E-state index in [1.807, 2.05) is 36.4 Å². The first-order valence-electron chi connectivity index (χ1n) is 18.4. The second-order valence-corrected chi connectivity index (χ2v) is 14.0. The van der Waals surface area contributed by atoms with Crippen LogP contribution in [0.3, 0.4) is 0 Å². The summed E-state index contributed by atoms with van der Waals surface area (Å²) in [6.45, 7) is 2.94. The van der Waals surface area contributed by atoms with Gasteiger partial charge in [-0.2, -0.15) is 5.10 Å². The van der Waals surface area contributed by atoms with Crippen LogP contribution in [-0.4, -0.2) is 45.4 Å². The third-order valence-corrected chi connectivity index (χ3v) is 9.95. The van der Waals surface area contributed by atoms with Crippen molar-refractivity contribution in [3.05, 3.63) is 153 Å². The third kappa shape index (κ3) is 8.48. The lowest BCUT2D eigenvalue weighted by Crippen LogP contribution is -2.12. The van der Waals surface area contributed by atoms with E-state index in [-0.39, 0.29) is 17.0 Å². The van der Waals surface area contributed by atoms with Gasteiger partial charge in [-0.15, -0.1) is 0 Å². The SMILES string of the molecule is CCCCCCCCn1c2ccc(/C=C(/C(=O)c3ccc(Cl)cc3)n3cnc([N+](=O)[O-])c3)cc2c2cc(/C=C(/C(=O)c3ccc(F)cc3F)n3cncn3)ccc21. The van der Waals surface area contributed by atoms with E-state index in [1.165, 1.54) is 47.3 Å². The zero-order valence-corrected chi connectivity index (χ0v) is 31.6. The molecule has 0 fully saturated rings. The number of rotatable bonds is 16. The maximum Gasteiger partial charge on any atom is 0.381 e. The van der Waals surface area contributed by atoms with Crippen molar-refractivity contribution < 1.29 is 23.3 Å². The van der Waals surface area contributed by atoms with Gasteiger partial charge in [-0.3, -0.25) is 14.2 Å². The van der Waals surface area contributed by atoms with Crippen molar-refractivity contribution in [3.8, 4) is 0 Å². The van der Waals surface area contributed by atoms with Crippen molar-refractivity contribution in [2.45, 2.75) is 52.0 Å². The summed E-state index contributed by atoms with van der Waals surface area (Å²) in [5, 5.41) is 17.8. The Labute approximate surface area is 330 Å². The van der Waals surface area contributed by atoms with Gasteiger partial charge in [0.2, 0.25) is 17.9 Å². The van der Waals surface area contributed by atoms with Crippen LogP contribution in [0.25, 0.3) is 45.4 Å². The second kappa shape index (κ2) is 17.0. The van der Waals surface area contributed by atoms with Crippen molar-refractivity contribution in [2.24, 2.45) is 0 Å². The number of unbranched alkanes of at least 4 members (excludes halogenated alkanes) is 5. The van der Waals surface area contributed by atoms with Gasteiger partial charge in [0, 0.05) is 45.0 Å². The maximum absolute atomic E-state index is 14.8. The van der Waals surface area contributed by atoms with E-state index < -0.39 is 33.9 Å². The molecule has 11 nitrogen and oxygen atoms in total. The normalized spacial score (nSPS) is 12.1. The molecule has 0 aliphatic carbocycles. The third-order valence-electron chi connectivity index (χ3n) is 9.70. The van der Waals surface area contributed by atoms with Crippen LogP contribution >= 0.6 is 11.6 Å². The molecular formula is C43H36ClF2N7O4. The minimum Gasteiger partial charge on any atom is -0.358 e. The number of fused-ring (bicyclic) bond motifs is 3. The van der Waals surface area contributed by atoms with Crippen LogP contribution in [0.1, 0.15) is 77.3 Å². The van der Waals surface area contributed by atoms with Gasteiger partial charge >= 0.3 is 5.82 Å². The first-order chi connectivity index (χ1) is 27.6. The molecule has 0 spiro atoms. The van der Waals surface area contributed by atoms with Crippen LogP contribution in [0.4, 0.5) is 14.6 Å². The quantitative estimate of drug-likeness (QED) is 0.0313. The predicted molar refractivity (Wildman–Crippen MR) is 217 cm³/mol. The highest BCUT2D eigenvalue weighted by molar-refractivity contribution is 6.31. The molecule has 3 aromatic heterocycles. The summed E-state index contributed by atoms with van der Waals surface area (Å²) in [7, 11) is 0. The lowest BCUT2D eigenvalue weighted by molar-refractivity contribution is -0.389. The number of allylic oxidation sites excluding steroid dienone is 2. The van der Waals surface area contributed by atoms with Crippen molar-refractivity contribution in [3.63, 3.8) is 0 Å². The number of aryl methyl sites for hydroxylation is 1. The van der Waals surface area contributed by atoms with Crippen LogP contribution in [-0.2, 0) is 6.54 Å². The van der Waals surface area contributed by atoms with E-state index in [4.69, 9.17) is 11.6 Å². The van der Waals surface area contributed by atoms with Crippen molar-refractivity contribution >= 4 is 74.3 Å². The Morgan fingerprint density at radius 2 is 1.47 bits per heavy atom. The molecule has 0 saturated carbocycles. The molecule has 0 aliphatic rings. The second-order valence-electron chi connectivity index (χ2n) is 13.6. The average molecular weight is 788 g/mol. The summed E-state index contributed by atoms with van der Waals surface area (Å²) in [5.74, 6) is -3.34. The topological polar surface area (TPSA) is 131 Å². The molecule has 0 N–H and O–H groups in total. The number of aromatic nitrogens is 6. The first-order valence-corrected chi connectivity index (χ1v) is 18.8. The fourth-order valence-electron chi connectivity index (χ4n) is 6.85. The van der Waals surface area contributed by atoms with Gasteiger partial charge in [-0.05, 0) is 100 Å². The highest BCUT2D eigenvalue weighted by Crippen LogP contribution is 2.33. The molecule has 0 bridgehead atoms. The van der Waals surface area contributed by atoms with Gasteiger partial charge in [0.25, 0.3) is 0 Å². The Morgan fingerprint density at radius 1 is 0.807 bits per heavy atom. The molecule has 3 heterocycles. The number of benzene rings is 4. The summed E-state index contributed by atoms with van der Waals surface area (Å²) < 4.78 is 33.4. The Hall–Kier alpha value is -6.60. The highest BCUT2D eigenvalue weighted by Gasteiger charge is 2.22. The minimum atomic E-state index is -1.00. The van der Waals surface area contributed by atoms with Crippen LogP contribution in [0, 0.1) is 21.7 Å². The maximum atomic E-state index is 14.8. The van der Waals surface area contributed by atoms with Gasteiger partial charge < -0.3 is 14.7 Å². The van der Waals surface area contributed by atoms with Gasteiger partial charge in [0.15, 0.2) is 0 Å². The molecule has 4 aromatic carbocycles. The van der Waals surface area contributed by atoms with E-state index in [9.17, 15) is 28.5 Å². The van der Waals surface area contributed by atoms with Gasteiger partial charge in [-0.25, -0.2) is 18.4 Å². The molecule has 0 saturated heterocycles. The number of halogens is 3. The average Bonchev–Trinajstić information content (AvgIpc) is 3.98. The molecule has 14 heteroatoms. The molecule has 57 heavy (non-hydrogen) atoms. The van der Waals surface area contributed by atoms with Crippen LogP contribution in [0.15, 0.2) is 104 Å². The molecule has 7 aromatic rings. The number of imidazole rings is 1. The number of nitrogens with zero attached hydrogens (tertiary/aromatic N) is 7. The van der Waals surface area contributed by atoms with E-state index in [1.54, 1.807) is 36.4 Å². The van der Waals surface area contributed by atoms with Crippen molar-refractivity contribution in [1.29, 1.82) is 0 Å². The van der Waals surface area contributed by atoms with Gasteiger partial charge in [0.05, 0.1) is 11.3 Å². The Morgan fingerprint density at radius 3 is 2.09 bits per heavy atom. The summed E-state index contributed by atoms with van der Waals surface area (Å²) in [4.78, 5) is 46.4. The molecule has 0 amide bonds. The zero-order valence-electron chi connectivity index (χ0n) is 30.8. The fraction of sp³-hybridized carbons (Fsp3) is 0.186. The number of nitro groups is 1. The summed E-state index contributed by atoms with van der Waals surface area (Å²) in [6, 6.07) is 20.7. The fourth-order valence-corrected chi connectivity index (χ4v) is 6.98. The molecular weight excluding hydrogens is 752 g/mol. The predicted octanol–water partition coefficient (Wildman–Crippen LogP) is 10.5. The lowest BCUT2D eigenvalue weighted by atomic mass is 10.0. The molecule has 0 radical (unpaired) electrons. The van der Waals surface area contributed by atoms with Crippen LogP contribution < -0.4 is 0 Å². The summed E-state index contributed by atoms with van der Waals surface area (Å²) >= 11 is 6.09. The van der Waals surface area contributed by atoms with Crippen LogP contribution in [0.2, 0.25) is 5.02 Å². The molecule has 7 rings (SSSR count). The van der Waals surface area contributed by atoms with E-state index in [2.05, 4.69) is 26.6 Å². The largest absolute Gasteiger partial charge is 0.381 e. The Kier molecular flexibility index (Phi) is 11.6. The lowest BCUT2D eigenvalue weighted by Gasteiger charge is -2.09. The number of Topliss-reactive ketones (excluding diaryl/α,β-unsaturated/α-hetero) is 2. The monoisotopic (exact) mass is 787 g/mol. The molecule has 0 unspecified atom stereocenters. The van der Waals surface area contributed by atoms with Gasteiger partial charge in [-0.1, -0.05) is 62.8 Å². The van der Waals surface area contributed by atoms with E-state index >= 15 is 0 Å². The standard InChI is InChI=1S/C43H36ClF2N7O4/c1-2-3-4-5-6-7-18-51-37-16-8-28(21-39(50-24-41(48-27-50)53(56)57)42(54)30-10-12-31(44)13-11-30)19-34(37)35-20-29(9-17-38(35)51)22-40(52-26-47-25-49-52)43(55)33-15-14-32(45)23-36(33)46/h8-17,19-27H,2-7,18H2,1H3/b39-21-,40-22-. The van der Waals surface area contributed by atoms with Gasteiger partial charge in [0.1, 0.15) is 36.2 Å². The van der Waals surface area contributed by atoms with E-state index in [0.717, 1.165) is 66.2 Å². The first kappa shape index (κ1) is 38.7. The molecule has 0 atom stereocenters. The van der Waals surface area contributed by atoms with Crippen molar-refractivity contribution in [1.82, 2.24) is 28.9 Å². The number of carbonyl (C=O) groups excluding carboxylic acids is 2. The molecule has 288 valence electrons. The Bertz CT molecular complexity index is 2680. The zero-order chi connectivity index (χ0) is 40.1. The van der Waals surface area contributed by atoms with Crippen LogP contribution in [0.5, 0.6) is 0 Å². The number of carbonyl (C=O) groups is 2. The summed E-state index contributed by atoms with van der Waals surface area (Å²) in [6.07, 6.45) is 14.9. The van der Waals surface area contributed by atoms with E-state index in [0.29, 0.717) is 27.8 Å².